The summed E-state index contributed by atoms with van der Waals surface area (Å²) in [6.45, 7) is 2.59. The van der Waals surface area contributed by atoms with Crippen molar-refractivity contribution < 1.29 is 23.8 Å². The summed E-state index contributed by atoms with van der Waals surface area (Å²) in [5, 5.41) is 0. The van der Waals surface area contributed by atoms with Gasteiger partial charge in [0.15, 0.2) is 0 Å². The highest BCUT2D eigenvalue weighted by atomic mass is 16.7. The van der Waals surface area contributed by atoms with Crippen molar-refractivity contribution in [1.29, 1.82) is 0 Å². The van der Waals surface area contributed by atoms with E-state index in [4.69, 9.17) is 14.2 Å². The Balaban J connectivity index is 2.38. The highest BCUT2D eigenvalue weighted by Crippen LogP contribution is 2.15. The highest BCUT2D eigenvalue weighted by Gasteiger charge is 2.21. The Morgan fingerprint density at radius 2 is 2.00 bits per heavy atom. The molecule has 0 aliphatic rings. The second kappa shape index (κ2) is 11.8. The number of carbonyl (C=O) groups excluding carboxylic acids is 2. The Morgan fingerprint density at radius 1 is 1.26 bits per heavy atom. The zero-order valence-electron chi connectivity index (χ0n) is 13.9. The van der Waals surface area contributed by atoms with Crippen LogP contribution in [-0.4, -0.2) is 38.9 Å². The summed E-state index contributed by atoms with van der Waals surface area (Å²) in [5.74, 6) is -0.718. The minimum absolute atomic E-state index is 0.182. The predicted octanol–water partition coefficient (Wildman–Crippen LogP) is 2.77. The van der Waals surface area contributed by atoms with Crippen molar-refractivity contribution in [3.8, 4) is 0 Å². The Bertz CT molecular complexity index is 446. The SMILES string of the molecule is COCOCCCC(CC=O)C(=O)O[C@@H](C)Cc1ccccc1. The van der Waals surface area contributed by atoms with Crippen molar-refractivity contribution in [2.75, 3.05) is 20.5 Å². The van der Waals surface area contributed by atoms with Crippen LogP contribution in [0.2, 0.25) is 0 Å². The van der Waals surface area contributed by atoms with Gasteiger partial charge in [0.1, 0.15) is 19.2 Å². The van der Waals surface area contributed by atoms with Crippen LogP contribution in [-0.2, 0) is 30.2 Å². The van der Waals surface area contributed by atoms with Gasteiger partial charge in [-0.1, -0.05) is 30.3 Å². The molecule has 23 heavy (non-hydrogen) atoms. The average molecular weight is 322 g/mol. The third-order valence-corrected chi connectivity index (χ3v) is 3.44. The third kappa shape index (κ3) is 8.47. The number of aldehydes is 1. The van der Waals surface area contributed by atoms with Crippen LogP contribution in [0, 0.1) is 5.92 Å². The van der Waals surface area contributed by atoms with Crippen LogP contribution in [0.4, 0.5) is 0 Å². The van der Waals surface area contributed by atoms with E-state index in [0.29, 0.717) is 25.9 Å². The van der Waals surface area contributed by atoms with E-state index < -0.39 is 5.92 Å². The van der Waals surface area contributed by atoms with Gasteiger partial charge in [-0.2, -0.15) is 0 Å². The lowest BCUT2D eigenvalue weighted by atomic mass is 10.0. The van der Waals surface area contributed by atoms with E-state index in [9.17, 15) is 9.59 Å². The van der Waals surface area contributed by atoms with E-state index in [-0.39, 0.29) is 25.3 Å². The van der Waals surface area contributed by atoms with Crippen LogP contribution < -0.4 is 0 Å². The lowest BCUT2D eigenvalue weighted by Gasteiger charge is -2.18. The molecule has 0 radical (unpaired) electrons. The van der Waals surface area contributed by atoms with Crippen LogP contribution in [0.5, 0.6) is 0 Å². The first-order valence-electron chi connectivity index (χ1n) is 7.92. The molecule has 0 amide bonds. The predicted molar refractivity (Wildman–Crippen MR) is 86.9 cm³/mol. The summed E-state index contributed by atoms with van der Waals surface area (Å²) in [6.07, 6.45) is 2.65. The minimum atomic E-state index is -0.406. The number of rotatable bonds is 12. The van der Waals surface area contributed by atoms with E-state index in [2.05, 4.69) is 0 Å². The molecule has 0 aliphatic carbocycles. The van der Waals surface area contributed by atoms with Gasteiger partial charge in [-0.05, 0) is 25.3 Å². The van der Waals surface area contributed by atoms with Gasteiger partial charge in [0.2, 0.25) is 0 Å². The summed E-state index contributed by atoms with van der Waals surface area (Å²) < 4.78 is 15.5. The number of carbonyl (C=O) groups is 2. The first-order valence-corrected chi connectivity index (χ1v) is 7.92. The second-order valence-corrected chi connectivity index (χ2v) is 5.49. The maximum atomic E-state index is 12.2. The quantitative estimate of drug-likeness (QED) is 0.256. The number of esters is 1. The molecule has 0 N–H and O–H groups in total. The lowest BCUT2D eigenvalue weighted by Crippen LogP contribution is -2.24. The Labute approximate surface area is 137 Å². The van der Waals surface area contributed by atoms with Crippen molar-refractivity contribution >= 4 is 12.3 Å². The average Bonchev–Trinajstić information content (AvgIpc) is 2.54. The van der Waals surface area contributed by atoms with Crippen molar-refractivity contribution in [1.82, 2.24) is 0 Å². The van der Waals surface area contributed by atoms with Gasteiger partial charge in [-0.25, -0.2) is 0 Å². The number of ether oxygens (including phenoxy) is 3. The molecule has 0 saturated carbocycles. The molecule has 0 heterocycles. The molecule has 0 fully saturated rings. The standard InChI is InChI=1S/C18H26O5/c1-15(13-16-7-4-3-5-8-16)23-18(20)17(10-11-19)9-6-12-22-14-21-2/h3-5,7-8,11,15,17H,6,9-10,12-14H2,1-2H3/t15-,17?/m0/s1. The summed E-state index contributed by atoms with van der Waals surface area (Å²) in [7, 11) is 1.56. The summed E-state index contributed by atoms with van der Waals surface area (Å²) in [4.78, 5) is 23.0. The molecule has 5 nitrogen and oxygen atoms in total. The zero-order valence-corrected chi connectivity index (χ0v) is 13.9. The van der Waals surface area contributed by atoms with Gasteiger partial charge in [-0.15, -0.1) is 0 Å². The van der Waals surface area contributed by atoms with E-state index in [1.807, 2.05) is 37.3 Å². The fourth-order valence-corrected chi connectivity index (χ4v) is 2.30. The molecule has 0 saturated heterocycles. The summed E-state index contributed by atoms with van der Waals surface area (Å²) in [5.41, 5.74) is 1.12. The first kappa shape index (κ1) is 19.3. The summed E-state index contributed by atoms with van der Waals surface area (Å²) in [6, 6.07) is 9.87. The molecule has 1 aromatic carbocycles. The fraction of sp³-hybridized carbons (Fsp3) is 0.556. The molecule has 0 spiro atoms. The van der Waals surface area contributed by atoms with Crippen molar-refractivity contribution in [3.05, 3.63) is 35.9 Å². The lowest BCUT2D eigenvalue weighted by molar-refractivity contribution is -0.154. The van der Waals surface area contributed by atoms with Gasteiger partial charge >= 0.3 is 5.97 Å². The normalized spacial score (nSPS) is 13.3. The Kier molecular flexibility index (Phi) is 9.91. The molecule has 2 atom stereocenters. The number of hydrogen-bond acceptors (Lipinski definition) is 5. The molecule has 0 aliphatic heterocycles. The van der Waals surface area contributed by atoms with Crippen LogP contribution in [0.25, 0.3) is 0 Å². The largest absolute Gasteiger partial charge is 0.462 e. The summed E-state index contributed by atoms with van der Waals surface area (Å²) >= 11 is 0. The number of benzene rings is 1. The molecule has 128 valence electrons. The minimum Gasteiger partial charge on any atom is -0.462 e. The molecular weight excluding hydrogens is 296 g/mol. The maximum absolute atomic E-state index is 12.2. The van der Waals surface area contributed by atoms with Crippen LogP contribution in [0.1, 0.15) is 31.7 Å². The smallest absolute Gasteiger partial charge is 0.309 e. The molecule has 0 aromatic heterocycles. The topological polar surface area (TPSA) is 61.8 Å². The third-order valence-electron chi connectivity index (χ3n) is 3.44. The van der Waals surface area contributed by atoms with Crippen molar-refractivity contribution in [2.24, 2.45) is 5.92 Å². The molecule has 5 heteroatoms. The van der Waals surface area contributed by atoms with E-state index in [1.54, 1.807) is 7.11 Å². The van der Waals surface area contributed by atoms with Gasteiger partial charge in [-0.3, -0.25) is 4.79 Å². The molecule has 0 bridgehead atoms. The Morgan fingerprint density at radius 3 is 2.65 bits per heavy atom. The molecule has 1 rings (SSSR count). The molecule has 1 aromatic rings. The second-order valence-electron chi connectivity index (χ2n) is 5.49. The van der Waals surface area contributed by atoms with E-state index in [0.717, 1.165) is 11.8 Å². The van der Waals surface area contributed by atoms with Crippen molar-refractivity contribution in [3.63, 3.8) is 0 Å². The first-order chi connectivity index (χ1) is 11.2. The Hall–Kier alpha value is -1.72. The number of methoxy groups -OCH3 is 1. The van der Waals surface area contributed by atoms with Crippen LogP contribution in [0.15, 0.2) is 30.3 Å². The molecular formula is C18H26O5. The van der Waals surface area contributed by atoms with E-state index >= 15 is 0 Å². The number of hydrogen-bond donors (Lipinski definition) is 0. The van der Waals surface area contributed by atoms with Crippen molar-refractivity contribution in [2.45, 2.75) is 38.7 Å². The van der Waals surface area contributed by atoms with E-state index in [1.165, 1.54) is 0 Å². The van der Waals surface area contributed by atoms with Gasteiger partial charge in [0.05, 0.1) is 5.92 Å². The zero-order chi connectivity index (χ0) is 16.9. The van der Waals surface area contributed by atoms with Gasteiger partial charge in [0, 0.05) is 26.6 Å². The highest BCUT2D eigenvalue weighted by molar-refractivity contribution is 5.75. The maximum Gasteiger partial charge on any atom is 0.309 e. The van der Waals surface area contributed by atoms with Crippen LogP contribution >= 0.6 is 0 Å². The van der Waals surface area contributed by atoms with Gasteiger partial charge < -0.3 is 19.0 Å². The monoisotopic (exact) mass is 322 g/mol. The van der Waals surface area contributed by atoms with Gasteiger partial charge in [0.25, 0.3) is 0 Å². The fourth-order valence-electron chi connectivity index (χ4n) is 2.30. The van der Waals surface area contributed by atoms with Crippen LogP contribution in [0.3, 0.4) is 0 Å². The molecule has 1 unspecified atom stereocenters.